The Morgan fingerprint density at radius 2 is 1.85 bits per heavy atom. The molecule has 1 aliphatic heterocycles. The fraction of sp³-hybridized carbons (Fsp3) is 0.0909. The highest BCUT2D eigenvalue weighted by Crippen LogP contribution is 2.34. The highest BCUT2D eigenvalue weighted by atomic mass is 32.1. The van der Waals surface area contributed by atoms with Gasteiger partial charge in [-0.25, -0.2) is 9.37 Å². The topological polar surface area (TPSA) is 34.9 Å². The smallest absolute Gasteiger partial charge is 0.263 e. The largest absolute Gasteiger partial charge is 0.292 e. The normalized spacial score (nSPS) is 14.8. The summed E-state index contributed by atoms with van der Waals surface area (Å²) in [4.78, 5) is 18.7. The summed E-state index contributed by atoms with van der Waals surface area (Å²) >= 11 is 1.50. The quantitative estimate of drug-likeness (QED) is 0.483. The average molecular weight is 374 g/mol. The van der Waals surface area contributed by atoms with Crippen molar-refractivity contribution in [1.82, 2.24) is 9.55 Å². The van der Waals surface area contributed by atoms with E-state index in [0.717, 1.165) is 39.3 Å². The summed E-state index contributed by atoms with van der Waals surface area (Å²) in [5.41, 5.74) is 3.90. The van der Waals surface area contributed by atoms with Crippen LogP contribution in [0.4, 0.5) is 4.39 Å². The van der Waals surface area contributed by atoms with Crippen LogP contribution in [-0.4, -0.2) is 9.55 Å². The molecule has 0 amide bonds. The van der Waals surface area contributed by atoms with Crippen LogP contribution in [0.25, 0.3) is 33.0 Å². The van der Waals surface area contributed by atoms with Gasteiger partial charge in [0.25, 0.3) is 5.56 Å². The molecule has 3 nitrogen and oxygen atoms in total. The maximum Gasteiger partial charge on any atom is 0.263 e. The van der Waals surface area contributed by atoms with Crippen molar-refractivity contribution in [3.8, 4) is 11.1 Å². The first kappa shape index (κ1) is 16.1. The number of allylic oxidation sites excluding steroid dienone is 1. The van der Waals surface area contributed by atoms with E-state index in [4.69, 9.17) is 4.98 Å². The number of hydrogen-bond acceptors (Lipinski definition) is 3. The van der Waals surface area contributed by atoms with Crippen molar-refractivity contribution in [1.29, 1.82) is 0 Å². The number of halogens is 1. The first-order valence-corrected chi connectivity index (χ1v) is 9.62. The van der Waals surface area contributed by atoms with Gasteiger partial charge in [0.05, 0.1) is 5.39 Å². The van der Waals surface area contributed by atoms with Crippen LogP contribution in [0, 0.1) is 5.82 Å². The molecule has 4 aromatic rings. The lowest BCUT2D eigenvalue weighted by Crippen LogP contribution is -2.20. The summed E-state index contributed by atoms with van der Waals surface area (Å²) in [5.74, 6) is 0.463. The molecule has 0 N–H and O–H groups in total. The van der Waals surface area contributed by atoms with E-state index in [9.17, 15) is 9.18 Å². The second-order valence-corrected chi connectivity index (χ2v) is 7.42. The molecular formula is C22H15FN2OS. The van der Waals surface area contributed by atoms with Gasteiger partial charge in [0.15, 0.2) is 0 Å². The maximum absolute atomic E-state index is 13.2. The van der Waals surface area contributed by atoms with E-state index >= 15 is 0 Å². The minimum Gasteiger partial charge on any atom is -0.292 e. The predicted molar refractivity (Wildman–Crippen MR) is 108 cm³/mol. The zero-order valence-electron chi connectivity index (χ0n) is 14.4. The SMILES string of the molecule is O=c1c2c(-c3ccccc3)csc2nc2n1CC/C2=C\c1ccc(F)cc1. The molecule has 0 bridgehead atoms. The van der Waals surface area contributed by atoms with Gasteiger partial charge in [-0.1, -0.05) is 42.5 Å². The van der Waals surface area contributed by atoms with E-state index in [2.05, 4.69) is 0 Å². The van der Waals surface area contributed by atoms with Gasteiger partial charge in [-0.05, 0) is 41.3 Å². The van der Waals surface area contributed by atoms with Crippen LogP contribution in [0.2, 0.25) is 0 Å². The van der Waals surface area contributed by atoms with Gasteiger partial charge >= 0.3 is 0 Å². The molecular weight excluding hydrogens is 359 g/mol. The number of fused-ring (bicyclic) bond motifs is 2. The number of thiophene rings is 1. The van der Waals surface area contributed by atoms with Crippen molar-refractivity contribution in [2.45, 2.75) is 13.0 Å². The van der Waals surface area contributed by atoms with E-state index in [-0.39, 0.29) is 11.4 Å². The Kier molecular flexibility index (Phi) is 3.76. The lowest BCUT2D eigenvalue weighted by Gasteiger charge is -2.05. The van der Waals surface area contributed by atoms with E-state index in [1.54, 1.807) is 16.7 Å². The Hall–Kier alpha value is -3.05. The predicted octanol–water partition coefficient (Wildman–Crippen LogP) is 5.21. The molecule has 1 aliphatic rings. The minimum absolute atomic E-state index is 0.0117. The highest BCUT2D eigenvalue weighted by Gasteiger charge is 2.23. The van der Waals surface area contributed by atoms with Crippen molar-refractivity contribution in [3.05, 3.63) is 87.5 Å². The van der Waals surface area contributed by atoms with Gasteiger partial charge in [-0.3, -0.25) is 9.36 Å². The molecule has 0 unspecified atom stereocenters. The van der Waals surface area contributed by atoms with Crippen LogP contribution in [0.1, 0.15) is 17.8 Å². The summed E-state index contributed by atoms with van der Waals surface area (Å²) < 4.78 is 14.9. The van der Waals surface area contributed by atoms with Gasteiger partial charge in [-0.2, -0.15) is 0 Å². The Morgan fingerprint density at radius 3 is 2.63 bits per heavy atom. The van der Waals surface area contributed by atoms with Gasteiger partial charge in [0, 0.05) is 17.5 Å². The Labute approximate surface area is 159 Å². The zero-order valence-corrected chi connectivity index (χ0v) is 15.2. The third-order valence-electron chi connectivity index (χ3n) is 4.88. The van der Waals surface area contributed by atoms with Crippen molar-refractivity contribution in [2.75, 3.05) is 0 Å². The van der Waals surface area contributed by atoms with Crippen molar-refractivity contribution in [2.24, 2.45) is 0 Å². The average Bonchev–Trinajstić information content (AvgIpc) is 3.30. The summed E-state index contributed by atoms with van der Waals surface area (Å²) in [5, 5.41) is 2.70. The summed E-state index contributed by atoms with van der Waals surface area (Å²) in [6, 6.07) is 16.3. The molecule has 0 saturated carbocycles. The summed E-state index contributed by atoms with van der Waals surface area (Å²) in [6.07, 6.45) is 2.74. The Morgan fingerprint density at radius 1 is 1.07 bits per heavy atom. The molecule has 3 heterocycles. The summed E-state index contributed by atoms with van der Waals surface area (Å²) in [6.45, 7) is 0.619. The molecule has 0 fully saturated rings. The molecule has 0 aliphatic carbocycles. The molecule has 0 spiro atoms. The number of aromatic nitrogens is 2. The fourth-order valence-corrected chi connectivity index (χ4v) is 4.49. The van der Waals surface area contributed by atoms with Crippen LogP contribution in [0.15, 0.2) is 64.8 Å². The van der Waals surface area contributed by atoms with Crippen molar-refractivity contribution < 1.29 is 4.39 Å². The molecule has 132 valence electrons. The fourth-order valence-electron chi connectivity index (χ4n) is 3.55. The third-order valence-corrected chi connectivity index (χ3v) is 5.75. The molecule has 5 heteroatoms. The van der Waals surface area contributed by atoms with Crippen LogP contribution >= 0.6 is 11.3 Å². The zero-order chi connectivity index (χ0) is 18.4. The van der Waals surface area contributed by atoms with Gasteiger partial charge in [0.1, 0.15) is 16.5 Å². The Bertz CT molecular complexity index is 1240. The molecule has 2 aromatic carbocycles. The highest BCUT2D eigenvalue weighted by molar-refractivity contribution is 7.17. The lowest BCUT2D eigenvalue weighted by atomic mass is 10.1. The first-order chi connectivity index (χ1) is 13.2. The van der Waals surface area contributed by atoms with E-state index < -0.39 is 0 Å². The van der Waals surface area contributed by atoms with Crippen LogP contribution in [-0.2, 0) is 6.54 Å². The maximum atomic E-state index is 13.2. The van der Waals surface area contributed by atoms with Gasteiger partial charge in [-0.15, -0.1) is 11.3 Å². The van der Waals surface area contributed by atoms with Crippen molar-refractivity contribution >= 4 is 33.2 Å². The Balaban J connectivity index is 1.66. The second-order valence-electron chi connectivity index (χ2n) is 6.56. The summed E-state index contributed by atoms with van der Waals surface area (Å²) in [7, 11) is 0. The molecule has 2 aromatic heterocycles. The number of hydrogen-bond donors (Lipinski definition) is 0. The van der Waals surface area contributed by atoms with Gasteiger partial charge < -0.3 is 0 Å². The molecule has 0 radical (unpaired) electrons. The molecule has 0 atom stereocenters. The van der Waals surface area contributed by atoms with E-state index in [1.165, 1.54) is 23.5 Å². The van der Waals surface area contributed by atoms with Gasteiger partial charge in [0.2, 0.25) is 0 Å². The third kappa shape index (κ3) is 2.71. The first-order valence-electron chi connectivity index (χ1n) is 8.75. The molecule has 0 saturated heterocycles. The van der Waals surface area contributed by atoms with E-state index in [1.807, 2.05) is 41.8 Å². The molecule has 5 rings (SSSR count). The number of nitrogens with zero attached hydrogens (tertiary/aromatic N) is 2. The monoisotopic (exact) mass is 374 g/mol. The standard InChI is InChI=1S/C22H15FN2OS/c23-17-8-6-14(7-9-17)12-16-10-11-25-20(16)24-21-19(22(25)26)18(13-27-21)15-4-2-1-3-5-15/h1-9,12-13H,10-11H2/b16-12+. The van der Waals surface area contributed by atoms with E-state index in [0.29, 0.717) is 11.9 Å². The van der Waals surface area contributed by atoms with Crippen LogP contribution in [0.3, 0.4) is 0 Å². The number of rotatable bonds is 2. The second kappa shape index (κ2) is 6.28. The van der Waals surface area contributed by atoms with Crippen LogP contribution < -0.4 is 5.56 Å². The molecule has 27 heavy (non-hydrogen) atoms. The number of benzene rings is 2. The lowest BCUT2D eigenvalue weighted by molar-refractivity contribution is 0.628. The minimum atomic E-state index is -0.257. The van der Waals surface area contributed by atoms with Crippen LogP contribution in [0.5, 0.6) is 0 Å². The van der Waals surface area contributed by atoms with Crippen molar-refractivity contribution in [3.63, 3.8) is 0 Å².